The van der Waals surface area contributed by atoms with Crippen LogP contribution in [0.15, 0.2) is 12.3 Å². The van der Waals surface area contributed by atoms with Crippen molar-refractivity contribution in [1.29, 1.82) is 0 Å². The van der Waals surface area contributed by atoms with Crippen molar-refractivity contribution in [2.75, 3.05) is 12.4 Å². The molecule has 0 saturated heterocycles. The van der Waals surface area contributed by atoms with Gasteiger partial charge in [-0.1, -0.05) is 0 Å². The molecular weight excluding hydrogens is 198 g/mol. The van der Waals surface area contributed by atoms with Gasteiger partial charge in [0.15, 0.2) is 11.9 Å². The number of ether oxygens (including phenoxy) is 1. The predicted molar refractivity (Wildman–Crippen MR) is 54.1 cm³/mol. The van der Waals surface area contributed by atoms with Gasteiger partial charge in [-0.25, -0.2) is 0 Å². The summed E-state index contributed by atoms with van der Waals surface area (Å²) < 4.78 is 5.53. The van der Waals surface area contributed by atoms with Crippen molar-refractivity contribution in [3.05, 3.63) is 22.4 Å². The first kappa shape index (κ1) is 9.70. The van der Waals surface area contributed by atoms with Crippen LogP contribution in [0.5, 0.6) is 5.75 Å². The fraction of sp³-hybridized carbons (Fsp3) is 0.444. The maximum absolute atomic E-state index is 10.5. The molecular formula is C9H11N3O3. The largest absolute Gasteiger partial charge is 0.484 e. The molecule has 0 spiro atoms. The summed E-state index contributed by atoms with van der Waals surface area (Å²) in [5.74, 6) is 0.396. The van der Waals surface area contributed by atoms with Crippen LogP contribution in [0.2, 0.25) is 0 Å². The van der Waals surface area contributed by atoms with Gasteiger partial charge in [0.1, 0.15) is 0 Å². The van der Waals surface area contributed by atoms with Gasteiger partial charge in [-0.2, -0.15) is 0 Å². The van der Waals surface area contributed by atoms with E-state index in [2.05, 4.69) is 10.3 Å². The molecule has 6 nitrogen and oxygen atoms in total. The lowest BCUT2D eigenvalue weighted by atomic mass is 10.3. The zero-order valence-corrected chi connectivity index (χ0v) is 8.27. The summed E-state index contributed by atoms with van der Waals surface area (Å²) in [5, 5.41) is 13.3. The minimum atomic E-state index is -0.526. The van der Waals surface area contributed by atoms with E-state index >= 15 is 0 Å². The van der Waals surface area contributed by atoms with Crippen molar-refractivity contribution < 1.29 is 9.66 Å². The summed E-state index contributed by atoms with van der Waals surface area (Å²) in [6.07, 6.45) is 3.73. The van der Waals surface area contributed by atoms with Crippen LogP contribution in [-0.2, 0) is 0 Å². The molecule has 1 N–H and O–H groups in total. The number of nitrogens with zero attached hydrogens (tertiary/aromatic N) is 2. The molecule has 0 bridgehead atoms. The molecule has 0 aromatic carbocycles. The average Bonchev–Trinajstić information content (AvgIpc) is 3.02. The highest BCUT2D eigenvalue weighted by Crippen LogP contribution is 2.32. The lowest BCUT2D eigenvalue weighted by molar-refractivity contribution is -0.389. The maximum Gasteiger partial charge on any atom is 0.365 e. The van der Waals surface area contributed by atoms with E-state index in [1.807, 2.05) is 0 Å². The Morgan fingerprint density at radius 3 is 2.93 bits per heavy atom. The molecule has 0 amide bonds. The van der Waals surface area contributed by atoms with E-state index in [1.54, 1.807) is 7.05 Å². The highest BCUT2D eigenvalue weighted by Gasteiger charge is 2.26. The number of rotatable bonds is 4. The zero-order chi connectivity index (χ0) is 10.8. The Morgan fingerprint density at radius 2 is 2.40 bits per heavy atom. The number of aromatic nitrogens is 1. The third-order valence-corrected chi connectivity index (χ3v) is 2.13. The van der Waals surface area contributed by atoms with Crippen LogP contribution < -0.4 is 10.1 Å². The molecule has 1 saturated carbocycles. The maximum atomic E-state index is 10.5. The fourth-order valence-corrected chi connectivity index (χ4v) is 1.19. The van der Waals surface area contributed by atoms with E-state index in [0.29, 0.717) is 11.4 Å². The Hall–Kier alpha value is -1.85. The van der Waals surface area contributed by atoms with E-state index < -0.39 is 4.92 Å². The van der Waals surface area contributed by atoms with E-state index in [9.17, 15) is 10.1 Å². The predicted octanol–water partition coefficient (Wildman–Crippen LogP) is 1.57. The molecule has 6 heteroatoms. The topological polar surface area (TPSA) is 77.3 Å². The van der Waals surface area contributed by atoms with Crippen LogP contribution in [-0.4, -0.2) is 23.1 Å². The van der Waals surface area contributed by atoms with Crippen molar-refractivity contribution >= 4 is 11.5 Å². The lowest BCUT2D eigenvalue weighted by Crippen LogP contribution is -2.02. The number of nitro groups is 1. The van der Waals surface area contributed by atoms with Gasteiger partial charge in [-0.3, -0.25) is 0 Å². The van der Waals surface area contributed by atoms with E-state index in [-0.39, 0.29) is 11.9 Å². The Morgan fingerprint density at radius 1 is 1.67 bits per heavy atom. The van der Waals surface area contributed by atoms with Crippen molar-refractivity contribution in [3.8, 4) is 5.75 Å². The quantitative estimate of drug-likeness (QED) is 0.601. The van der Waals surface area contributed by atoms with Gasteiger partial charge in [0, 0.05) is 7.05 Å². The minimum absolute atomic E-state index is 0.178. The van der Waals surface area contributed by atoms with Crippen LogP contribution in [0.4, 0.5) is 11.5 Å². The van der Waals surface area contributed by atoms with Gasteiger partial charge in [0.2, 0.25) is 0 Å². The molecule has 0 atom stereocenters. The molecule has 0 aliphatic heterocycles. The summed E-state index contributed by atoms with van der Waals surface area (Å²) in [4.78, 5) is 13.7. The number of hydrogen-bond donors (Lipinski definition) is 1. The summed E-state index contributed by atoms with van der Waals surface area (Å²) in [6.45, 7) is 0. The highest BCUT2D eigenvalue weighted by molar-refractivity contribution is 5.58. The van der Waals surface area contributed by atoms with Crippen LogP contribution in [0.3, 0.4) is 0 Å². The second-order valence-corrected chi connectivity index (χ2v) is 3.36. The summed E-state index contributed by atoms with van der Waals surface area (Å²) in [5.41, 5.74) is 0.601. The first-order chi connectivity index (χ1) is 7.20. The Labute approximate surface area is 86.4 Å². The zero-order valence-electron chi connectivity index (χ0n) is 8.27. The summed E-state index contributed by atoms with van der Waals surface area (Å²) in [6, 6.07) is 1.37. The van der Waals surface area contributed by atoms with Crippen molar-refractivity contribution in [3.63, 3.8) is 0 Å². The lowest BCUT2D eigenvalue weighted by Gasteiger charge is -2.07. The van der Waals surface area contributed by atoms with E-state index in [0.717, 1.165) is 12.8 Å². The molecule has 1 aromatic rings. The van der Waals surface area contributed by atoms with Gasteiger partial charge in [-0.15, -0.1) is 0 Å². The van der Waals surface area contributed by atoms with Crippen LogP contribution in [0.25, 0.3) is 0 Å². The molecule has 1 aliphatic carbocycles. The van der Waals surface area contributed by atoms with Crippen molar-refractivity contribution in [2.45, 2.75) is 18.9 Å². The second-order valence-electron chi connectivity index (χ2n) is 3.36. The molecule has 1 fully saturated rings. The molecule has 1 aliphatic rings. The first-order valence-electron chi connectivity index (χ1n) is 4.69. The summed E-state index contributed by atoms with van der Waals surface area (Å²) in [7, 11) is 1.69. The van der Waals surface area contributed by atoms with Crippen LogP contribution >= 0.6 is 0 Å². The average molecular weight is 209 g/mol. The van der Waals surface area contributed by atoms with Crippen LogP contribution in [0, 0.1) is 10.1 Å². The number of nitrogens with one attached hydrogen (secondary N) is 1. The van der Waals surface area contributed by atoms with E-state index in [1.165, 1.54) is 12.3 Å². The third kappa shape index (κ3) is 2.15. The minimum Gasteiger partial charge on any atom is -0.484 e. The molecule has 0 unspecified atom stereocenters. The van der Waals surface area contributed by atoms with Gasteiger partial charge >= 0.3 is 5.82 Å². The monoisotopic (exact) mass is 209 g/mol. The molecule has 80 valence electrons. The highest BCUT2D eigenvalue weighted by atomic mass is 16.6. The first-order valence-corrected chi connectivity index (χ1v) is 4.69. The molecule has 2 rings (SSSR count). The third-order valence-electron chi connectivity index (χ3n) is 2.13. The summed E-state index contributed by atoms with van der Waals surface area (Å²) >= 11 is 0. The molecule has 1 aromatic heterocycles. The smallest absolute Gasteiger partial charge is 0.365 e. The van der Waals surface area contributed by atoms with Crippen LogP contribution in [0.1, 0.15) is 12.8 Å². The Bertz CT molecular complexity index is 390. The van der Waals surface area contributed by atoms with Gasteiger partial charge in [0.25, 0.3) is 0 Å². The number of hydrogen-bond acceptors (Lipinski definition) is 5. The second kappa shape index (κ2) is 3.72. The van der Waals surface area contributed by atoms with Crippen molar-refractivity contribution in [1.82, 2.24) is 4.98 Å². The molecule has 1 heterocycles. The van der Waals surface area contributed by atoms with E-state index in [4.69, 9.17) is 4.74 Å². The van der Waals surface area contributed by atoms with Gasteiger partial charge in [-0.05, 0) is 22.7 Å². The normalized spacial score (nSPS) is 14.7. The SMILES string of the molecule is CNc1cc([N+](=O)[O-])ncc1OC1CC1. The molecule has 15 heavy (non-hydrogen) atoms. The number of pyridine rings is 1. The standard InChI is InChI=1S/C9H11N3O3/c1-10-7-4-9(12(13)14)11-5-8(7)15-6-2-3-6/h4-6H,2-3H2,1H3,(H,10,11). The van der Waals surface area contributed by atoms with Gasteiger partial charge < -0.3 is 20.2 Å². The molecule has 0 radical (unpaired) electrons. The fourth-order valence-electron chi connectivity index (χ4n) is 1.19. The Kier molecular flexibility index (Phi) is 2.40. The Balaban J connectivity index is 2.25. The number of anilines is 1. The van der Waals surface area contributed by atoms with Crippen molar-refractivity contribution in [2.24, 2.45) is 0 Å². The van der Waals surface area contributed by atoms with Gasteiger partial charge in [0.05, 0.1) is 17.9 Å².